The highest BCUT2D eigenvalue weighted by Gasteiger charge is 2.25. The minimum Gasteiger partial charge on any atom is -0.454 e. The van der Waals surface area contributed by atoms with Gasteiger partial charge in [-0.25, -0.2) is 0 Å². The Morgan fingerprint density at radius 1 is 1.17 bits per heavy atom. The maximum absolute atomic E-state index is 12.7. The van der Waals surface area contributed by atoms with Crippen LogP contribution in [0.25, 0.3) is 0 Å². The lowest BCUT2D eigenvalue weighted by Crippen LogP contribution is -2.36. The van der Waals surface area contributed by atoms with Gasteiger partial charge in [0.05, 0.1) is 0 Å². The highest BCUT2D eigenvalue weighted by atomic mass is 16.7. The molecule has 2 aliphatic rings. The summed E-state index contributed by atoms with van der Waals surface area (Å²) >= 11 is 0. The first-order chi connectivity index (χ1) is 11.7. The fourth-order valence-corrected chi connectivity index (χ4v) is 3.49. The first-order valence-corrected chi connectivity index (χ1v) is 8.50. The summed E-state index contributed by atoms with van der Waals surface area (Å²) in [7, 11) is 0. The first kappa shape index (κ1) is 15.1. The molecule has 124 valence electrons. The number of rotatable bonds is 3. The van der Waals surface area contributed by atoms with Crippen molar-refractivity contribution in [2.45, 2.75) is 32.1 Å². The van der Waals surface area contributed by atoms with Crippen LogP contribution in [0.2, 0.25) is 0 Å². The number of carbonyl (C=O) groups excluding carboxylic acids is 1. The topological polar surface area (TPSA) is 38.8 Å². The monoisotopic (exact) mass is 323 g/mol. The number of ether oxygens (including phenoxy) is 2. The summed E-state index contributed by atoms with van der Waals surface area (Å²) in [6.07, 6.45) is 2.23. The molecule has 0 aromatic heterocycles. The standard InChI is InChI=1S/C20H21NO3/c1-14-10-11-21(17-5-3-2-4-16(14)17)20(22)9-7-15-6-8-18-19(12-15)24-13-23-18/h2-6,8,12,14H,7,9-11,13H2,1H3/t14-/m1/s1. The van der Waals surface area contributed by atoms with Crippen LogP contribution in [0.5, 0.6) is 11.5 Å². The van der Waals surface area contributed by atoms with E-state index in [0.717, 1.165) is 35.7 Å². The molecule has 0 N–H and O–H groups in total. The number of fused-ring (bicyclic) bond motifs is 2. The predicted octanol–water partition coefficient (Wildman–Crippen LogP) is 3.89. The Balaban J connectivity index is 1.46. The number of benzene rings is 2. The van der Waals surface area contributed by atoms with Crippen LogP contribution in [-0.2, 0) is 11.2 Å². The summed E-state index contributed by atoms with van der Waals surface area (Å²) in [4.78, 5) is 14.7. The summed E-state index contributed by atoms with van der Waals surface area (Å²) in [5, 5.41) is 0. The molecule has 4 heteroatoms. The van der Waals surface area contributed by atoms with Crippen LogP contribution in [0.15, 0.2) is 42.5 Å². The molecule has 1 amide bonds. The minimum atomic E-state index is 0.187. The molecule has 2 aliphatic heterocycles. The molecule has 1 atom stereocenters. The Kier molecular flexibility index (Phi) is 3.89. The second kappa shape index (κ2) is 6.19. The van der Waals surface area contributed by atoms with Crippen LogP contribution < -0.4 is 14.4 Å². The van der Waals surface area contributed by atoms with Gasteiger partial charge in [-0.05, 0) is 48.1 Å². The third kappa shape index (κ3) is 2.73. The Morgan fingerprint density at radius 2 is 2.00 bits per heavy atom. The molecular formula is C20H21NO3. The zero-order valence-electron chi connectivity index (χ0n) is 13.8. The molecule has 4 rings (SSSR count). The van der Waals surface area contributed by atoms with Crippen molar-refractivity contribution < 1.29 is 14.3 Å². The summed E-state index contributed by atoms with van der Waals surface area (Å²) in [5.74, 6) is 2.26. The van der Waals surface area contributed by atoms with Crippen molar-refractivity contribution >= 4 is 11.6 Å². The molecule has 0 radical (unpaired) electrons. The number of amides is 1. The lowest BCUT2D eigenvalue weighted by molar-refractivity contribution is -0.118. The number of para-hydroxylation sites is 1. The van der Waals surface area contributed by atoms with Gasteiger partial charge in [0.25, 0.3) is 0 Å². The fourth-order valence-electron chi connectivity index (χ4n) is 3.49. The van der Waals surface area contributed by atoms with Gasteiger partial charge in [0.1, 0.15) is 0 Å². The highest BCUT2D eigenvalue weighted by molar-refractivity contribution is 5.94. The number of hydrogen-bond donors (Lipinski definition) is 0. The Morgan fingerprint density at radius 3 is 2.92 bits per heavy atom. The second-order valence-corrected chi connectivity index (χ2v) is 6.48. The van der Waals surface area contributed by atoms with E-state index >= 15 is 0 Å². The average Bonchev–Trinajstić information content (AvgIpc) is 3.08. The molecule has 0 unspecified atom stereocenters. The SMILES string of the molecule is C[C@@H]1CCN(C(=O)CCc2ccc3c(c2)OCO3)c2ccccc21. The molecule has 0 aliphatic carbocycles. The van der Waals surface area contributed by atoms with Gasteiger partial charge in [-0.15, -0.1) is 0 Å². The maximum Gasteiger partial charge on any atom is 0.231 e. The van der Waals surface area contributed by atoms with Crippen molar-refractivity contribution in [2.75, 3.05) is 18.2 Å². The average molecular weight is 323 g/mol. The summed E-state index contributed by atoms with van der Waals surface area (Å²) in [6.45, 7) is 3.31. The van der Waals surface area contributed by atoms with Gasteiger partial charge in [-0.3, -0.25) is 4.79 Å². The molecule has 0 bridgehead atoms. The van der Waals surface area contributed by atoms with E-state index < -0.39 is 0 Å². The third-order valence-corrected chi connectivity index (χ3v) is 4.91. The Labute approximate surface area is 142 Å². The normalized spacial score (nSPS) is 18.4. The predicted molar refractivity (Wildman–Crippen MR) is 92.7 cm³/mol. The van der Waals surface area contributed by atoms with Crippen LogP contribution in [-0.4, -0.2) is 19.2 Å². The van der Waals surface area contributed by atoms with Gasteiger partial charge < -0.3 is 14.4 Å². The minimum absolute atomic E-state index is 0.187. The molecule has 0 spiro atoms. The van der Waals surface area contributed by atoms with E-state index in [4.69, 9.17) is 9.47 Å². The largest absolute Gasteiger partial charge is 0.454 e. The van der Waals surface area contributed by atoms with Gasteiger partial charge in [0.2, 0.25) is 12.7 Å². The van der Waals surface area contributed by atoms with Crippen LogP contribution in [0.3, 0.4) is 0 Å². The van der Waals surface area contributed by atoms with Crippen molar-refractivity contribution in [3.63, 3.8) is 0 Å². The number of anilines is 1. The van der Waals surface area contributed by atoms with E-state index in [9.17, 15) is 4.79 Å². The van der Waals surface area contributed by atoms with Crippen molar-refractivity contribution in [1.29, 1.82) is 0 Å². The van der Waals surface area contributed by atoms with Crippen LogP contribution in [0.4, 0.5) is 5.69 Å². The van der Waals surface area contributed by atoms with Crippen LogP contribution in [0, 0.1) is 0 Å². The fraction of sp³-hybridized carbons (Fsp3) is 0.350. The van der Waals surface area contributed by atoms with E-state index in [1.165, 1.54) is 5.56 Å². The van der Waals surface area contributed by atoms with Crippen molar-refractivity contribution in [2.24, 2.45) is 0 Å². The molecular weight excluding hydrogens is 302 g/mol. The summed E-state index contributed by atoms with van der Waals surface area (Å²) in [6, 6.07) is 14.2. The van der Waals surface area contributed by atoms with E-state index in [-0.39, 0.29) is 12.7 Å². The number of carbonyl (C=O) groups is 1. The number of hydrogen-bond acceptors (Lipinski definition) is 3. The smallest absolute Gasteiger partial charge is 0.231 e. The highest BCUT2D eigenvalue weighted by Crippen LogP contribution is 2.35. The molecule has 0 saturated carbocycles. The summed E-state index contributed by atoms with van der Waals surface area (Å²) < 4.78 is 10.7. The van der Waals surface area contributed by atoms with E-state index in [0.29, 0.717) is 18.8 Å². The first-order valence-electron chi connectivity index (χ1n) is 8.50. The third-order valence-electron chi connectivity index (χ3n) is 4.91. The quantitative estimate of drug-likeness (QED) is 0.860. The maximum atomic E-state index is 12.7. The number of nitrogens with zero attached hydrogens (tertiary/aromatic N) is 1. The lowest BCUT2D eigenvalue weighted by Gasteiger charge is -2.33. The molecule has 2 heterocycles. The van der Waals surface area contributed by atoms with Gasteiger partial charge in [-0.2, -0.15) is 0 Å². The molecule has 4 nitrogen and oxygen atoms in total. The zero-order chi connectivity index (χ0) is 16.5. The Bertz CT molecular complexity index is 771. The van der Waals surface area contributed by atoms with E-state index in [2.05, 4.69) is 25.1 Å². The van der Waals surface area contributed by atoms with Gasteiger partial charge in [0.15, 0.2) is 11.5 Å². The molecule has 2 aromatic carbocycles. The van der Waals surface area contributed by atoms with Crippen molar-refractivity contribution in [3.05, 3.63) is 53.6 Å². The van der Waals surface area contributed by atoms with E-state index in [1.54, 1.807) is 0 Å². The summed E-state index contributed by atoms with van der Waals surface area (Å²) in [5.41, 5.74) is 3.46. The van der Waals surface area contributed by atoms with Gasteiger partial charge in [0, 0.05) is 18.7 Å². The second-order valence-electron chi connectivity index (χ2n) is 6.48. The van der Waals surface area contributed by atoms with Gasteiger partial charge in [-0.1, -0.05) is 31.2 Å². The van der Waals surface area contributed by atoms with E-state index in [1.807, 2.05) is 29.2 Å². The zero-order valence-corrected chi connectivity index (χ0v) is 13.8. The van der Waals surface area contributed by atoms with Crippen LogP contribution >= 0.6 is 0 Å². The molecule has 0 saturated heterocycles. The number of aryl methyl sites for hydroxylation is 1. The molecule has 0 fully saturated rings. The Hall–Kier alpha value is -2.49. The van der Waals surface area contributed by atoms with Crippen LogP contribution in [0.1, 0.15) is 36.8 Å². The van der Waals surface area contributed by atoms with Crippen molar-refractivity contribution in [1.82, 2.24) is 0 Å². The lowest BCUT2D eigenvalue weighted by atomic mass is 9.91. The van der Waals surface area contributed by atoms with Crippen molar-refractivity contribution in [3.8, 4) is 11.5 Å². The molecule has 24 heavy (non-hydrogen) atoms. The molecule has 2 aromatic rings. The van der Waals surface area contributed by atoms with Gasteiger partial charge >= 0.3 is 0 Å².